The zero-order valence-corrected chi connectivity index (χ0v) is 9.19. The van der Waals surface area contributed by atoms with Crippen molar-refractivity contribution in [2.75, 3.05) is 18.5 Å². The molecule has 0 saturated heterocycles. The number of rotatable bonds is 1. The molecule has 0 aliphatic carbocycles. The largest absolute Gasteiger partial charge is 0.490 e. The van der Waals surface area contributed by atoms with Gasteiger partial charge in [0.2, 0.25) is 5.56 Å². The van der Waals surface area contributed by atoms with Gasteiger partial charge in [-0.1, -0.05) is 6.07 Å². The molecule has 0 atom stereocenters. The number of H-pyrrole nitrogens is 1. The second-order valence-corrected chi connectivity index (χ2v) is 3.93. The van der Waals surface area contributed by atoms with E-state index in [9.17, 15) is 4.79 Å². The van der Waals surface area contributed by atoms with Crippen molar-refractivity contribution in [3.8, 4) is 16.9 Å². The zero-order valence-electron chi connectivity index (χ0n) is 9.19. The average Bonchev–Trinajstić information content (AvgIpc) is 2.39. The van der Waals surface area contributed by atoms with Crippen LogP contribution >= 0.6 is 0 Å². The minimum Gasteiger partial charge on any atom is -0.490 e. The highest BCUT2D eigenvalue weighted by Crippen LogP contribution is 2.31. The number of ether oxygens (including phenoxy) is 1. The van der Waals surface area contributed by atoms with E-state index >= 15 is 0 Å². The van der Waals surface area contributed by atoms with Gasteiger partial charge >= 0.3 is 0 Å². The van der Waals surface area contributed by atoms with Crippen molar-refractivity contribution in [1.82, 2.24) is 4.98 Å². The first-order chi connectivity index (χ1) is 8.33. The van der Waals surface area contributed by atoms with Gasteiger partial charge in [0.15, 0.2) is 0 Å². The lowest BCUT2D eigenvalue weighted by Gasteiger charge is -2.19. The number of anilines is 1. The van der Waals surface area contributed by atoms with E-state index in [1.807, 2.05) is 24.3 Å². The lowest BCUT2D eigenvalue weighted by molar-refractivity contribution is 0.323. The molecule has 0 unspecified atom stereocenters. The van der Waals surface area contributed by atoms with Gasteiger partial charge in [0.25, 0.3) is 0 Å². The van der Waals surface area contributed by atoms with Gasteiger partial charge in [-0.25, -0.2) is 0 Å². The van der Waals surface area contributed by atoms with Crippen LogP contribution in [0, 0.1) is 0 Å². The molecule has 2 N–H and O–H groups in total. The molecule has 0 fully saturated rings. The van der Waals surface area contributed by atoms with Crippen LogP contribution in [0.2, 0.25) is 0 Å². The van der Waals surface area contributed by atoms with Crippen molar-refractivity contribution >= 4 is 5.69 Å². The Morgan fingerprint density at radius 3 is 2.82 bits per heavy atom. The topological polar surface area (TPSA) is 54.1 Å². The Labute approximate surface area is 98.3 Å². The first kappa shape index (κ1) is 9.96. The summed E-state index contributed by atoms with van der Waals surface area (Å²) in [5, 5.41) is 3.29. The van der Waals surface area contributed by atoms with E-state index < -0.39 is 0 Å². The molecule has 0 amide bonds. The molecule has 17 heavy (non-hydrogen) atoms. The number of hydrogen-bond donors (Lipinski definition) is 2. The summed E-state index contributed by atoms with van der Waals surface area (Å²) in [7, 11) is 0. The van der Waals surface area contributed by atoms with Crippen LogP contribution in [0.1, 0.15) is 0 Å². The zero-order chi connectivity index (χ0) is 11.7. The molecular weight excluding hydrogens is 216 g/mol. The Balaban J connectivity index is 2.03. The second kappa shape index (κ2) is 3.97. The van der Waals surface area contributed by atoms with Gasteiger partial charge in [0.05, 0.1) is 5.69 Å². The third-order valence-corrected chi connectivity index (χ3v) is 2.77. The molecule has 1 aromatic heterocycles. The molecule has 0 radical (unpaired) electrons. The molecule has 1 aromatic carbocycles. The van der Waals surface area contributed by atoms with Crippen LogP contribution in [0.25, 0.3) is 11.1 Å². The van der Waals surface area contributed by atoms with Gasteiger partial charge in [-0.2, -0.15) is 0 Å². The van der Waals surface area contributed by atoms with Crippen LogP contribution in [0.4, 0.5) is 5.69 Å². The Morgan fingerprint density at radius 2 is 2.00 bits per heavy atom. The smallest absolute Gasteiger partial charge is 0.247 e. The monoisotopic (exact) mass is 228 g/mol. The van der Waals surface area contributed by atoms with Gasteiger partial charge < -0.3 is 15.0 Å². The van der Waals surface area contributed by atoms with Gasteiger partial charge in [-0.15, -0.1) is 0 Å². The van der Waals surface area contributed by atoms with E-state index in [1.54, 1.807) is 6.20 Å². The number of aromatic nitrogens is 1. The molecule has 2 heterocycles. The molecule has 86 valence electrons. The molecule has 4 nitrogen and oxygen atoms in total. The summed E-state index contributed by atoms with van der Waals surface area (Å²) >= 11 is 0. The minimum absolute atomic E-state index is 0.0897. The highest BCUT2D eigenvalue weighted by Gasteiger charge is 2.10. The predicted molar refractivity (Wildman–Crippen MR) is 66.5 cm³/mol. The van der Waals surface area contributed by atoms with E-state index in [2.05, 4.69) is 10.3 Å². The lowest BCUT2D eigenvalue weighted by Crippen LogP contribution is -2.17. The van der Waals surface area contributed by atoms with Gasteiger partial charge in [0.1, 0.15) is 12.4 Å². The van der Waals surface area contributed by atoms with Crippen molar-refractivity contribution in [3.05, 3.63) is 46.9 Å². The van der Waals surface area contributed by atoms with Crippen LogP contribution in [0.3, 0.4) is 0 Å². The van der Waals surface area contributed by atoms with E-state index in [1.165, 1.54) is 6.07 Å². The van der Waals surface area contributed by atoms with E-state index in [4.69, 9.17) is 4.74 Å². The first-order valence-corrected chi connectivity index (χ1v) is 5.53. The number of hydrogen-bond acceptors (Lipinski definition) is 3. The summed E-state index contributed by atoms with van der Waals surface area (Å²) < 4.78 is 5.51. The van der Waals surface area contributed by atoms with E-state index in [0.29, 0.717) is 6.61 Å². The van der Waals surface area contributed by atoms with Crippen LogP contribution in [0.15, 0.2) is 41.3 Å². The fraction of sp³-hybridized carbons (Fsp3) is 0.154. The average molecular weight is 228 g/mol. The maximum atomic E-state index is 11.0. The molecule has 1 aliphatic rings. The SMILES string of the molecule is O=c1ccc(-c2ccc3c(c2)NCCO3)c[nH]1. The fourth-order valence-electron chi connectivity index (χ4n) is 1.91. The van der Waals surface area contributed by atoms with Crippen molar-refractivity contribution in [2.24, 2.45) is 0 Å². The molecule has 1 aliphatic heterocycles. The van der Waals surface area contributed by atoms with Crippen molar-refractivity contribution in [1.29, 1.82) is 0 Å². The molecule has 3 rings (SSSR count). The maximum Gasteiger partial charge on any atom is 0.247 e. The second-order valence-electron chi connectivity index (χ2n) is 3.93. The van der Waals surface area contributed by atoms with Crippen molar-refractivity contribution in [2.45, 2.75) is 0 Å². The molecule has 0 spiro atoms. The number of aromatic amines is 1. The highest BCUT2D eigenvalue weighted by molar-refractivity contribution is 5.71. The van der Waals surface area contributed by atoms with Gasteiger partial charge in [-0.05, 0) is 29.3 Å². The van der Waals surface area contributed by atoms with Crippen LogP contribution in [-0.2, 0) is 0 Å². The summed E-state index contributed by atoms with van der Waals surface area (Å²) in [6, 6.07) is 9.30. The number of fused-ring (bicyclic) bond motifs is 1. The third kappa shape index (κ3) is 1.89. The quantitative estimate of drug-likeness (QED) is 0.783. The minimum atomic E-state index is -0.0897. The van der Waals surface area contributed by atoms with Gasteiger partial charge in [-0.3, -0.25) is 4.79 Å². The maximum absolute atomic E-state index is 11.0. The molecule has 0 saturated carbocycles. The molecule has 2 aromatic rings. The Bertz CT molecular complexity index is 584. The summed E-state index contributed by atoms with van der Waals surface area (Å²) in [6.07, 6.45) is 1.72. The Kier molecular flexibility index (Phi) is 2.33. The molecule has 0 bridgehead atoms. The summed E-state index contributed by atoms with van der Waals surface area (Å²) in [5.74, 6) is 0.879. The number of nitrogens with one attached hydrogen (secondary N) is 2. The van der Waals surface area contributed by atoms with Gasteiger partial charge in [0, 0.05) is 18.8 Å². The standard InChI is InChI=1S/C13H12N2O2/c16-13-4-2-10(8-15-13)9-1-3-12-11(7-9)14-5-6-17-12/h1-4,7-8,14H,5-6H2,(H,15,16). The first-order valence-electron chi connectivity index (χ1n) is 5.53. The van der Waals surface area contributed by atoms with Crippen LogP contribution < -0.4 is 15.6 Å². The van der Waals surface area contributed by atoms with Crippen molar-refractivity contribution in [3.63, 3.8) is 0 Å². The Morgan fingerprint density at radius 1 is 1.12 bits per heavy atom. The van der Waals surface area contributed by atoms with Crippen molar-refractivity contribution < 1.29 is 4.74 Å². The number of benzene rings is 1. The predicted octanol–water partition coefficient (Wildman–Crippen LogP) is 1.85. The molecular formula is C13H12N2O2. The lowest BCUT2D eigenvalue weighted by atomic mass is 10.1. The number of pyridine rings is 1. The highest BCUT2D eigenvalue weighted by atomic mass is 16.5. The summed E-state index contributed by atoms with van der Waals surface area (Å²) in [5.41, 5.74) is 2.95. The fourth-order valence-corrected chi connectivity index (χ4v) is 1.91. The van der Waals surface area contributed by atoms with E-state index in [-0.39, 0.29) is 5.56 Å². The summed E-state index contributed by atoms with van der Waals surface area (Å²) in [4.78, 5) is 13.7. The van der Waals surface area contributed by atoms with E-state index in [0.717, 1.165) is 29.1 Å². The third-order valence-electron chi connectivity index (χ3n) is 2.77. The van der Waals surface area contributed by atoms with Crippen LogP contribution in [-0.4, -0.2) is 18.1 Å². The van der Waals surface area contributed by atoms with Crippen LogP contribution in [0.5, 0.6) is 5.75 Å². The Hall–Kier alpha value is -2.23. The molecule has 4 heteroatoms. The normalized spacial score (nSPS) is 13.4. The summed E-state index contributed by atoms with van der Waals surface area (Å²) in [6.45, 7) is 1.52.